The molecule has 0 saturated carbocycles. The van der Waals surface area contributed by atoms with E-state index in [0.29, 0.717) is 0 Å². The molecular formula is C3H6NNaO4. The van der Waals surface area contributed by atoms with Crippen molar-refractivity contribution in [2.75, 3.05) is 0 Å². The van der Waals surface area contributed by atoms with Crippen LogP contribution in [0.5, 0.6) is 0 Å². The van der Waals surface area contributed by atoms with Gasteiger partial charge in [0.15, 0.2) is 0 Å². The third-order valence-corrected chi connectivity index (χ3v) is 0.302. The molecule has 0 aromatic heterocycles. The first kappa shape index (κ1) is 15.9. The minimum absolute atomic E-state index is 0. The van der Waals surface area contributed by atoms with Gasteiger partial charge in [-0.05, 0) is 0 Å². The van der Waals surface area contributed by atoms with Gasteiger partial charge >= 0.3 is 35.5 Å². The molecule has 0 atom stereocenters. The quantitative estimate of drug-likeness (QED) is 0.254. The van der Waals surface area contributed by atoms with Crippen LogP contribution in [0.3, 0.4) is 0 Å². The first-order chi connectivity index (χ1) is 3.68. The third-order valence-electron chi connectivity index (χ3n) is 0.302. The van der Waals surface area contributed by atoms with Crippen molar-refractivity contribution < 1.29 is 39.5 Å². The molecule has 0 heterocycles. The van der Waals surface area contributed by atoms with Crippen LogP contribution in [0.25, 0.3) is 0 Å². The maximum absolute atomic E-state index is 9.37. The summed E-state index contributed by atoms with van der Waals surface area (Å²) >= 11 is 0. The first-order valence-electron chi connectivity index (χ1n) is 1.85. The van der Waals surface area contributed by atoms with Crippen molar-refractivity contribution in [3.05, 3.63) is 10.1 Å². The van der Waals surface area contributed by atoms with E-state index in [4.69, 9.17) is 15.2 Å². The molecule has 0 aliphatic rings. The van der Waals surface area contributed by atoms with Gasteiger partial charge in [-0.2, -0.15) is 0 Å². The van der Waals surface area contributed by atoms with Gasteiger partial charge < -0.3 is 15.2 Å². The van der Waals surface area contributed by atoms with Gasteiger partial charge in [-0.1, -0.05) is 6.92 Å². The second-order valence-corrected chi connectivity index (χ2v) is 0.822. The van der Waals surface area contributed by atoms with Crippen molar-refractivity contribution in [3.8, 4) is 0 Å². The molecule has 0 fully saturated rings. The fraction of sp³-hybridized carbons (Fsp3) is 0.667. The summed E-state index contributed by atoms with van der Waals surface area (Å²) in [5.41, 5.74) is 0. The van der Waals surface area contributed by atoms with Crippen molar-refractivity contribution in [3.63, 3.8) is 0 Å². The van der Waals surface area contributed by atoms with Gasteiger partial charge in [0.2, 0.25) is 0 Å². The van der Waals surface area contributed by atoms with E-state index >= 15 is 0 Å². The molecule has 0 rings (SSSR count). The summed E-state index contributed by atoms with van der Waals surface area (Å²) in [6.07, 6.45) is 0.222. The van der Waals surface area contributed by atoms with Gasteiger partial charge in [-0.3, -0.25) is 4.79 Å². The van der Waals surface area contributed by atoms with Crippen molar-refractivity contribution in [2.24, 2.45) is 5.34 Å². The van der Waals surface area contributed by atoms with Crippen LogP contribution >= 0.6 is 0 Å². The number of carbonyl (C=O) groups is 1. The van der Waals surface area contributed by atoms with Crippen LogP contribution in [0.4, 0.5) is 0 Å². The van der Waals surface area contributed by atoms with Gasteiger partial charge in [0, 0.05) is 6.42 Å². The maximum atomic E-state index is 9.37. The standard InChI is InChI=1S/C3H6O2.HNO2.Na/c1-2-3(4)5;2-1-3;/h2H2,1H3,(H,4,5);(H,2,3);/q;;+1/p-1. The zero-order valence-corrected chi connectivity index (χ0v) is 7.33. The Balaban J connectivity index is -0.0000000800. The fourth-order valence-electron chi connectivity index (χ4n) is 0. The Bertz CT molecular complexity index is 76.2. The SMILES string of the molecule is CCC(=O)O.O=N[O-].[Na+]. The average Bonchev–Trinajstić information content (AvgIpc) is 1.69. The minimum atomic E-state index is -0.745. The summed E-state index contributed by atoms with van der Waals surface area (Å²) in [6, 6.07) is 0. The number of carboxylic acids is 1. The third kappa shape index (κ3) is 77.5. The molecular weight excluding hydrogens is 137 g/mol. The Morgan fingerprint density at radius 2 is 1.89 bits per heavy atom. The second kappa shape index (κ2) is 15.7. The van der Waals surface area contributed by atoms with Crippen molar-refractivity contribution in [2.45, 2.75) is 13.3 Å². The monoisotopic (exact) mass is 143 g/mol. The molecule has 0 aromatic rings. The maximum Gasteiger partial charge on any atom is 1.00 e. The Morgan fingerprint density at radius 1 is 1.78 bits per heavy atom. The molecule has 0 unspecified atom stereocenters. The summed E-state index contributed by atoms with van der Waals surface area (Å²) in [5, 5.41) is 16.7. The van der Waals surface area contributed by atoms with Crippen LogP contribution < -0.4 is 29.6 Å². The topological polar surface area (TPSA) is 89.8 Å². The Kier molecular flexibility index (Phi) is 27.7. The summed E-state index contributed by atoms with van der Waals surface area (Å²) in [7, 11) is 0. The van der Waals surface area contributed by atoms with Gasteiger partial charge in [0.1, 0.15) is 0 Å². The number of rotatable bonds is 1. The number of aliphatic carboxylic acids is 1. The van der Waals surface area contributed by atoms with Crippen LogP contribution in [0, 0.1) is 10.1 Å². The molecule has 6 heteroatoms. The predicted molar refractivity (Wildman–Crippen MR) is 27.1 cm³/mol. The van der Waals surface area contributed by atoms with Crippen LogP contribution in [0.1, 0.15) is 13.3 Å². The molecule has 0 amide bonds. The molecule has 5 nitrogen and oxygen atoms in total. The van der Waals surface area contributed by atoms with Gasteiger partial charge in [-0.25, -0.2) is 0 Å². The summed E-state index contributed by atoms with van der Waals surface area (Å²) in [4.78, 5) is 17.4. The summed E-state index contributed by atoms with van der Waals surface area (Å²) in [5.74, 6) is -0.745. The van der Waals surface area contributed by atoms with Gasteiger partial charge in [-0.15, -0.1) is 5.34 Å². The van der Waals surface area contributed by atoms with E-state index in [2.05, 4.69) is 0 Å². The molecule has 0 aliphatic carbocycles. The van der Waals surface area contributed by atoms with E-state index in [1.807, 2.05) is 0 Å². The molecule has 0 radical (unpaired) electrons. The number of hydrogen-bond acceptors (Lipinski definition) is 4. The Morgan fingerprint density at radius 3 is 1.89 bits per heavy atom. The second-order valence-electron chi connectivity index (χ2n) is 0.822. The van der Waals surface area contributed by atoms with E-state index in [0.717, 1.165) is 5.34 Å². The first-order valence-corrected chi connectivity index (χ1v) is 1.85. The van der Waals surface area contributed by atoms with E-state index < -0.39 is 5.97 Å². The summed E-state index contributed by atoms with van der Waals surface area (Å²) in [6.45, 7) is 1.60. The van der Waals surface area contributed by atoms with Crippen LogP contribution in [0.2, 0.25) is 0 Å². The van der Waals surface area contributed by atoms with Crippen LogP contribution in [0.15, 0.2) is 5.34 Å². The zero-order chi connectivity index (χ0) is 6.99. The zero-order valence-electron chi connectivity index (χ0n) is 5.33. The van der Waals surface area contributed by atoms with Crippen molar-refractivity contribution in [1.82, 2.24) is 0 Å². The Labute approximate surface area is 74.3 Å². The van der Waals surface area contributed by atoms with E-state index in [1.54, 1.807) is 6.92 Å². The fourth-order valence-corrected chi connectivity index (χ4v) is 0. The van der Waals surface area contributed by atoms with Crippen LogP contribution in [-0.2, 0) is 4.79 Å². The molecule has 0 saturated heterocycles. The predicted octanol–water partition coefficient (Wildman–Crippen LogP) is -2.26. The smallest absolute Gasteiger partial charge is 0.481 e. The van der Waals surface area contributed by atoms with Crippen molar-refractivity contribution >= 4 is 5.97 Å². The van der Waals surface area contributed by atoms with E-state index in [-0.39, 0.29) is 36.0 Å². The molecule has 1 N–H and O–H groups in total. The van der Waals surface area contributed by atoms with Gasteiger partial charge in [0.25, 0.3) is 0 Å². The van der Waals surface area contributed by atoms with E-state index in [9.17, 15) is 4.79 Å². The molecule has 9 heavy (non-hydrogen) atoms. The molecule has 0 aromatic carbocycles. The van der Waals surface area contributed by atoms with Crippen molar-refractivity contribution in [1.29, 1.82) is 0 Å². The van der Waals surface area contributed by atoms with Gasteiger partial charge in [0.05, 0.1) is 0 Å². The molecule has 48 valence electrons. The molecule has 0 spiro atoms. The Hall–Kier alpha value is -0.130. The number of carboxylic acid groups (broad SMARTS) is 1. The largest absolute Gasteiger partial charge is 1.00 e. The average molecular weight is 143 g/mol. The summed E-state index contributed by atoms with van der Waals surface area (Å²) < 4.78 is 0. The minimum Gasteiger partial charge on any atom is -0.481 e. The number of hydrogen-bond donors (Lipinski definition) is 1. The molecule has 0 aliphatic heterocycles. The van der Waals surface area contributed by atoms with E-state index in [1.165, 1.54) is 0 Å². The normalized spacial score (nSPS) is 5.44. The number of nitrogens with zero attached hydrogens (tertiary/aromatic N) is 1. The molecule has 0 bridgehead atoms. The van der Waals surface area contributed by atoms with Crippen LogP contribution in [-0.4, -0.2) is 11.1 Å².